The molecule has 1 aromatic rings. The highest BCUT2D eigenvalue weighted by Gasteiger charge is 2.32. The smallest absolute Gasteiger partial charge is 0.260 e. The predicted molar refractivity (Wildman–Crippen MR) is 68.2 cm³/mol. The zero-order valence-electron chi connectivity index (χ0n) is 10.2. The lowest BCUT2D eigenvalue weighted by Gasteiger charge is -2.21. The maximum atomic E-state index is 11.9. The van der Waals surface area contributed by atoms with E-state index < -0.39 is 0 Å². The predicted octanol–water partition coefficient (Wildman–Crippen LogP) is 0.631. The molecule has 1 amide bonds. The third-order valence-corrected chi connectivity index (χ3v) is 2.89. The van der Waals surface area contributed by atoms with Crippen LogP contribution in [0, 0.1) is 0 Å². The minimum Gasteiger partial charge on any atom is -0.484 e. The number of nitrogen functional groups attached to an aromatic ring is 1. The lowest BCUT2D eigenvalue weighted by molar-refractivity contribution is -0.134. The number of amides is 1. The number of hydrogen-bond acceptors (Lipinski definition) is 4. The number of aliphatic hydroxyl groups excluding tert-OH is 1. The molecule has 2 rings (SSSR count). The molecule has 0 radical (unpaired) electrons. The zero-order chi connectivity index (χ0) is 13.0. The Kier molecular flexibility index (Phi) is 4.04. The summed E-state index contributed by atoms with van der Waals surface area (Å²) < 4.78 is 5.40. The molecule has 98 valence electrons. The number of hydrogen-bond donors (Lipinski definition) is 2. The number of nitrogens with zero attached hydrogens (tertiary/aromatic N) is 1. The Hall–Kier alpha value is -1.75. The van der Waals surface area contributed by atoms with Crippen molar-refractivity contribution in [3.05, 3.63) is 24.3 Å². The zero-order valence-corrected chi connectivity index (χ0v) is 10.2. The van der Waals surface area contributed by atoms with Gasteiger partial charge in [0.1, 0.15) is 5.75 Å². The Morgan fingerprint density at radius 1 is 1.39 bits per heavy atom. The first-order valence-corrected chi connectivity index (χ1v) is 6.09. The van der Waals surface area contributed by atoms with Gasteiger partial charge in [0, 0.05) is 18.3 Å². The average molecular weight is 250 g/mol. The van der Waals surface area contributed by atoms with E-state index >= 15 is 0 Å². The van der Waals surface area contributed by atoms with Gasteiger partial charge in [-0.25, -0.2) is 0 Å². The lowest BCUT2D eigenvalue weighted by atomic mass is 10.3. The Bertz CT molecular complexity index is 401. The van der Waals surface area contributed by atoms with Crippen molar-refractivity contribution >= 4 is 11.6 Å². The summed E-state index contributed by atoms with van der Waals surface area (Å²) in [6, 6.07) is 7.21. The van der Waals surface area contributed by atoms with Gasteiger partial charge >= 0.3 is 0 Å². The van der Waals surface area contributed by atoms with E-state index in [2.05, 4.69) is 0 Å². The maximum Gasteiger partial charge on any atom is 0.260 e. The summed E-state index contributed by atoms with van der Waals surface area (Å²) in [5.41, 5.74) is 6.22. The van der Waals surface area contributed by atoms with Crippen molar-refractivity contribution in [3.63, 3.8) is 0 Å². The van der Waals surface area contributed by atoms with Crippen LogP contribution in [0.25, 0.3) is 0 Å². The highest BCUT2D eigenvalue weighted by molar-refractivity contribution is 5.78. The summed E-state index contributed by atoms with van der Waals surface area (Å²) in [7, 11) is 0. The van der Waals surface area contributed by atoms with Gasteiger partial charge < -0.3 is 20.5 Å². The average Bonchev–Trinajstić information content (AvgIpc) is 3.19. The van der Waals surface area contributed by atoms with Gasteiger partial charge in [-0.15, -0.1) is 0 Å². The van der Waals surface area contributed by atoms with Crippen LogP contribution in [-0.2, 0) is 4.79 Å². The molecule has 18 heavy (non-hydrogen) atoms. The molecule has 0 unspecified atom stereocenters. The summed E-state index contributed by atoms with van der Waals surface area (Å²) in [5.74, 6) is 0.542. The molecule has 5 nitrogen and oxygen atoms in total. The van der Waals surface area contributed by atoms with Crippen LogP contribution < -0.4 is 10.5 Å². The van der Waals surface area contributed by atoms with Crippen LogP contribution in [0.2, 0.25) is 0 Å². The van der Waals surface area contributed by atoms with Crippen molar-refractivity contribution in [2.75, 3.05) is 25.5 Å². The first kappa shape index (κ1) is 12.7. The molecule has 1 aromatic carbocycles. The summed E-state index contributed by atoms with van der Waals surface area (Å²) in [6.45, 7) is 0.374. The minimum atomic E-state index is -0.0802. The molecule has 0 aliphatic heterocycles. The van der Waals surface area contributed by atoms with Crippen molar-refractivity contribution < 1.29 is 14.6 Å². The van der Waals surface area contributed by atoms with Gasteiger partial charge in [0.05, 0.1) is 6.61 Å². The molecule has 0 heterocycles. The van der Waals surface area contributed by atoms with Crippen molar-refractivity contribution in [1.29, 1.82) is 0 Å². The van der Waals surface area contributed by atoms with E-state index in [9.17, 15) is 4.79 Å². The number of carbonyl (C=O) groups is 1. The van der Waals surface area contributed by atoms with E-state index in [1.165, 1.54) is 0 Å². The SMILES string of the molecule is Nc1ccc(OCC(=O)N(CCO)C2CC2)cc1. The monoisotopic (exact) mass is 250 g/mol. The fraction of sp³-hybridized carbons (Fsp3) is 0.462. The van der Waals surface area contributed by atoms with E-state index in [1.54, 1.807) is 29.2 Å². The third-order valence-electron chi connectivity index (χ3n) is 2.89. The van der Waals surface area contributed by atoms with Gasteiger partial charge in [0.25, 0.3) is 5.91 Å². The van der Waals surface area contributed by atoms with Gasteiger partial charge in [-0.1, -0.05) is 0 Å². The van der Waals surface area contributed by atoms with E-state index in [4.69, 9.17) is 15.6 Å². The van der Waals surface area contributed by atoms with Crippen LogP contribution in [0.4, 0.5) is 5.69 Å². The first-order chi connectivity index (χ1) is 8.70. The molecular weight excluding hydrogens is 232 g/mol. The highest BCUT2D eigenvalue weighted by Crippen LogP contribution is 2.26. The second-order valence-corrected chi connectivity index (χ2v) is 4.40. The fourth-order valence-corrected chi connectivity index (χ4v) is 1.80. The molecule has 0 atom stereocenters. The molecule has 0 saturated heterocycles. The van der Waals surface area contributed by atoms with Crippen LogP contribution in [0.1, 0.15) is 12.8 Å². The maximum absolute atomic E-state index is 11.9. The summed E-state index contributed by atoms with van der Waals surface area (Å²) in [4.78, 5) is 13.6. The minimum absolute atomic E-state index is 0.000415. The van der Waals surface area contributed by atoms with Gasteiger partial charge in [-0.05, 0) is 37.1 Å². The van der Waals surface area contributed by atoms with E-state index in [1.807, 2.05) is 0 Å². The topological polar surface area (TPSA) is 75.8 Å². The van der Waals surface area contributed by atoms with E-state index in [0.29, 0.717) is 24.0 Å². The summed E-state index contributed by atoms with van der Waals surface area (Å²) in [5, 5.41) is 8.93. The Morgan fingerprint density at radius 3 is 2.61 bits per heavy atom. The summed E-state index contributed by atoms with van der Waals surface area (Å²) in [6.07, 6.45) is 2.04. The number of carbonyl (C=O) groups excluding carboxylic acids is 1. The Balaban J connectivity index is 1.84. The Morgan fingerprint density at radius 2 is 2.06 bits per heavy atom. The molecule has 0 spiro atoms. The van der Waals surface area contributed by atoms with Crippen LogP contribution >= 0.6 is 0 Å². The number of ether oxygens (including phenoxy) is 1. The van der Waals surface area contributed by atoms with Gasteiger partial charge in [-0.3, -0.25) is 4.79 Å². The van der Waals surface area contributed by atoms with Crippen molar-refractivity contribution in [2.45, 2.75) is 18.9 Å². The van der Waals surface area contributed by atoms with Crippen LogP contribution in [0.15, 0.2) is 24.3 Å². The molecule has 1 saturated carbocycles. The lowest BCUT2D eigenvalue weighted by Crippen LogP contribution is -2.38. The van der Waals surface area contributed by atoms with Crippen LogP contribution in [0.3, 0.4) is 0 Å². The standard InChI is InChI=1S/C13H18N2O3/c14-10-1-5-12(6-2-10)18-9-13(17)15(7-8-16)11-3-4-11/h1-2,5-6,11,16H,3-4,7-9,14H2. The molecule has 3 N–H and O–H groups in total. The molecule has 1 fully saturated rings. The number of rotatable bonds is 6. The molecular formula is C13H18N2O3. The van der Waals surface area contributed by atoms with Crippen LogP contribution in [-0.4, -0.2) is 41.7 Å². The van der Waals surface area contributed by atoms with Gasteiger partial charge in [-0.2, -0.15) is 0 Å². The van der Waals surface area contributed by atoms with Gasteiger partial charge in [0.15, 0.2) is 6.61 Å². The number of anilines is 1. The Labute approximate surface area is 106 Å². The van der Waals surface area contributed by atoms with E-state index in [-0.39, 0.29) is 19.1 Å². The second kappa shape index (κ2) is 5.73. The van der Waals surface area contributed by atoms with E-state index in [0.717, 1.165) is 12.8 Å². The van der Waals surface area contributed by atoms with Crippen molar-refractivity contribution in [2.24, 2.45) is 0 Å². The number of nitrogens with two attached hydrogens (primary N) is 1. The summed E-state index contributed by atoms with van der Waals surface area (Å²) >= 11 is 0. The highest BCUT2D eigenvalue weighted by atomic mass is 16.5. The normalized spacial score (nSPS) is 14.3. The molecule has 0 bridgehead atoms. The fourth-order valence-electron chi connectivity index (χ4n) is 1.80. The van der Waals surface area contributed by atoms with Crippen molar-refractivity contribution in [3.8, 4) is 5.75 Å². The third kappa shape index (κ3) is 3.37. The molecule has 1 aliphatic carbocycles. The largest absolute Gasteiger partial charge is 0.484 e. The molecule has 1 aliphatic rings. The number of aliphatic hydroxyl groups is 1. The molecule has 0 aromatic heterocycles. The quantitative estimate of drug-likeness (QED) is 0.726. The van der Waals surface area contributed by atoms with Crippen LogP contribution in [0.5, 0.6) is 5.75 Å². The van der Waals surface area contributed by atoms with Crippen molar-refractivity contribution in [1.82, 2.24) is 4.90 Å². The van der Waals surface area contributed by atoms with Gasteiger partial charge in [0.2, 0.25) is 0 Å². The number of benzene rings is 1. The second-order valence-electron chi connectivity index (χ2n) is 4.40. The molecule has 5 heteroatoms. The first-order valence-electron chi connectivity index (χ1n) is 6.09.